The van der Waals surface area contributed by atoms with E-state index in [2.05, 4.69) is 10.6 Å². The standard InChI is InChI=1S/C13H15F3N2O/c1-7-2-3-17-6-11(7)18-13(19)12-9(15)4-8(14)5-10(12)16/h4-5,7,11,17H,2-3,6H2,1H3,(H,18,19)/t7-,11-/m0/s1. The SMILES string of the molecule is C[C@H]1CCNC[C@@H]1NC(=O)c1c(F)cc(F)cc1F. The Kier molecular flexibility index (Phi) is 4.09. The van der Waals surface area contributed by atoms with E-state index in [1.807, 2.05) is 6.92 Å². The number of carbonyl (C=O) groups is 1. The zero-order chi connectivity index (χ0) is 14.0. The molecule has 1 heterocycles. The van der Waals surface area contributed by atoms with Crippen molar-refractivity contribution in [3.8, 4) is 0 Å². The Labute approximate surface area is 109 Å². The van der Waals surface area contributed by atoms with Crippen LogP contribution in [0.15, 0.2) is 12.1 Å². The van der Waals surface area contributed by atoms with Gasteiger partial charge in [0.2, 0.25) is 0 Å². The molecule has 0 spiro atoms. The molecule has 0 aromatic heterocycles. The van der Waals surface area contributed by atoms with Gasteiger partial charge in [0.25, 0.3) is 5.91 Å². The summed E-state index contributed by atoms with van der Waals surface area (Å²) in [5, 5.41) is 5.68. The summed E-state index contributed by atoms with van der Waals surface area (Å²) in [4.78, 5) is 11.9. The van der Waals surface area contributed by atoms with Gasteiger partial charge in [0, 0.05) is 24.7 Å². The van der Waals surface area contributed by atoms with Crippen LogP contribution in [0.4, 0.5) is 13.2 Å². The minimum atomic E-state index is -1.19. The molecule has 2 N–H and O–H groups in total. The van der Waals surface area contributed by atoms with Gasteiger partial charge in [-0.2, -0.15) is 0 Å². The van der Waals surface area contributed by atoms with Crippen LogP contribution in [0.25, 0.3) is 0 Å². The second kappa shape index (κ2) is 5.61. The quantitative estimate of drug-likeness (QED) is 0.862. The maximum absolute atomic E-state index is 13.5. The number of nitrogens with one attached hydrogen (secondary N) is 2. The van der Waals surface area contributed by atoms with Crippen LogP contribution >= 0.6 is 0 Å². The van der Waals surface area contributed by atoms with Gasteiger partial charge in [-0.1, -0.05) is 6.92 Å². The fourth-order valence-corrected chi connectivity index (χ4v) is 2.18. The van der Waals surface area contributed by atoms with E-state index in [0.717, 1.165) is 13.0 Å². The molecule has 104 valence electrons. The molecule has 1 aromatic rings. The largest absolute Gasteiger partial charge is 0.348 e. The van der Waals surface area contributed by atoms with Crippen molar-refractivity contribution >= 4 is 5.91 Å². The first-order valence-corrected chi connectivity index (χ1v) is 6.15. The van der Waals surface area contributed by atoms with E-state index in [0.29, 0.717) is 18.7 Å². The average molecular weight is 272 g/mol. The number of hydrogen-bond acceptors (Lipinski definition) is 2. The van der Waals surface area contributed by atoms with Gasteiger partial charge in [-0.25, -0.2) is 13.2 Å². The van der Waals surface area contributed by atoms with E-state index in [9.17, 15) is 18.0 Å². The van der Waals surface area contributed by atoms with Crippen molar-refractivity contribution in [3.05, 3.63) is 35.1 Å². The molecule has 1 aliphatic rings. The highest BCUT2D eigenvalue weighted by atomic mass is 19.1. The third kappa shape index (κ3) is 3.07. The first-order valence-electron chi connectivity index (χ1n) is 6.15. The summed E-state index contributed by atoms with van der Waals surface area (Å²) in [7, 11) is 0. The van der Waals surface area contributed by atoms with Gasteiger partial charge < -0.3 is 10.6 Å². The second-order valence-corrected chi connectivity index (χ2v) is 4.79. The van der Waals surface area contributed by atoms with Crippen LogP contribution in [-0.2, 0) is 0 Å². The Morgan fingerprint density at radius 3 is 2.53 bits per heavy atom. The summed E-state index contributed by atoms with van der Waals surface area (Å²) >= 11 is 0. The zero-order valence-corrected chi connectivity index (χ0v) is 10.5. The Balaban J connectivity index is 2.16. The first-order chi connectivity index (χ1) is 8.99. The van der Waals surface area contributed by atoms with Gasteiger partial charge in [-0.3, -0.25) is 4.79 Å². The smallest absolute Gasteiger partial charge is 0.257 e. The molecule has 1 fully saturated rings. The monoisotopic (exact) mass is 272 g/mol. The van der Waals surface area contributed by atoms with Crippen LogP contribution in [0.1, 0.15) is 23.7 Å². The van der Waals surface area contributed by atoms with E-state index in [1.165, 1.54) is 0 Å². The van der Waals surface area contributed by atoms with E-state index >= 15 is 0 Å². The van der Waals surface area contributed by atoms with E-state index in [-0.39, 0.29) is 12.0 Å². The summed E-state index contributed by atoms with van der Waals surface area (Å²) in [5.41, 5.74) is -0.737. The molecule has 19 heavy (non-hydrogen) atoms. The van der Waals surface area contributed by atoms with Crippen molar-refractivity contribution in [2.75, 3.05) is 13.1 Å². The predicted octanol–water partition coefficient (Wildman–Crippen LogP) is 1.83. The lowest BCUT2D eigenvalue weighted by molar-refractivity contribution is 0.0906. The minimum Gasteiger partial charge on any atom is -0.348 e. The number of piperidine rings is 1. The molecule has 0 saturated carbocycles. The highest BCUT2D eigenvalue weighted by Crippen LogP contribution is 2.17. The summed E-state index contributed by atoms with van der Waals surface area (Å²) in [6.45, 7) is 3.37. The number of hydrogen-bond donors (Lipinski definition) is 2. The van der Waals surface area contributed by atoms with Crippen LogP contribution in [0.2, 0.25) is 0 Å². The zero-order valence-electron chi connectivity index (χ0n) is 10.5. The third-order valence-corrected chi connectivity index (χ3v) is 3.38. The molecule has 1 aliphatic heterocycles. The van der Waals surface area contributed by atoms with E-state index < -0.39 is 28.9 Å². The molecule has 3 nitrogen and oxygen atoms in total. The Bertz CT molecular complexity index is 470. The number of benzene rings is 1. The normalized spacial score (nSPS) is 23.2. The number of halogens is 3. The van der Waals surface area contributed by atoms with Crippen LogP contribution in [0.3, 0.4) is 0 Å². The van der Waals surface area contributed by atoms with Crippen LogP contribution in [0.5, 0.6) is 0 Å². The van der Waals surface area contributed by atoms with Crippen molar-refractivity contribution in [3.63, 3.8) is 0 Å². The molecular weight excluding hydrogens is 257 g/mol. The van der Waals surface area contributed by atoms with Crippen LogP contribution in [-0.4, -0.2) is 25.0 Å². The average Bonchev–Trinajstić information content (AvgIpc) is 2.30. The van der Waals surface area contributed by atoms with Crippen molar-refractivity contribution in [2.24, 2.45) is 5.92 Å². The van der Waals surface area contributed by atoms with Gasteiger partial charge in [-0.05, 0) is 18.9 Å². The Morgan fingerprint density at radius 2 is 1.95 bits per heavy atom. The fourth-order valence-electron chi connectivity index (χ4n) is 2.18. The predicted molar refractivity (Wildman–Crippen MR) is 64.2 cm³/mol. The van der Waals surface area contributed by atoms with E-state index in [1.54, 1.807) is 0 Å². The van der Waals surface area contributed by atoms with Gasteiger partial charge in [0.05, 0.1) is 0 Å². The minimum absolute atomic E-state index is 0.190. The van der Waals surface area contributed by atoms with Gasteiger partial charge in [0.15, 0.2) is 0 Å². The molecule has 0 aliphatic carbocycles. The third-order valence-electron chi connectivity index (χ3n) is 3.38. The summed E-state index contributed by atoms with van der Waals surface area (Å²) in [5.74, 6) is -4.05. The first kappa shape index (κ1) is 13.9. The number of carbonyl (C=O) groups excluding carboxylic acids is 1. The molecular formula is C13H15F3N2O. The molecule has 1 aromatic carbocycles. The van der Waals surface area contributed by atoms with Gasteiger partial charge >= 0.3 is 0 Å². The van der Waals surface area contributed by atoms with Crippen molar-refractivity contribution in [1.82, 2.24) is 10.6 Å². The topological polar surface area (TPSA) is 41.1 Å². The molecule has 1 saturated heterocycles. The van der Waals surface area contributed by atoms with Crippen molar-refractivity contribution in [2.45, 2.75) is 19.4 Å². The van der Waals surface area contributed by atoms with Gasteiger partial charge in [-0.15, -0.1) is 0 Å². The van der Waals surface area contributed by atoms with Crippen LogP contribution < -0.4 is 10.6 Å². The van der Waals surface area contributed by atoms with Crippen molar-refractivity contribution < 1.29 is 18.0 Å². The van der Waals surface area contributed by atoms with E-state index in [4.69, 9.17) is 0 Å². The van der Waals surface area contributed by atoms with Crippen molar-refractivity contribution in [1.29, 1.82) is 0 Å². The second-order valence-electron chi connectivity index (χ2n) is 4.79. The number of rotatable bonds is 2. The Hall–Kier alpha value is -1.56. The lowest BCUT2D eigenvalue weighted by Crippen LogP contribution is -2.50. The molecule has 2 rings (SSSR count). The highest BCUT2D eigenvalue weighted by molar-refractivity contribution is 5.95. The molecule has 0 radical (unpaired) electrons. The van der Waals surface area contributed by atoms with Gasteiger partial charge in [0.1, 0.15) is 23.0 Å². The lowest BCUT2D eigenvalue weighted by Gasteiger charge is -2.30. The Morgan fingerprint density at radius 1 is 1.32 bits per heavy atom. The summed E-state index contributed by atoms with van der Waals surface area (Å²) in [6, 6.07) is 0.811. The highest BCUT2D eigenvalue weighted by Gasteiger charge is 2.26. The number of amides is 1. The molecule has 0 unspecified atom stereocenters. The molecule has 1 amide bonds. The molecule has 2 atom stereocenters. The molecule has 0 bridgehead atoms. The maximum atomic E-state index is 13.5. The maximum Gasteiger partial charge on any atom is 0.257 e. The summed E-state index contributed by atoms with van der Waals surface area (Å²) < 4.78 is 39.7. The molecule has 6 heteroatoms. The lowest BCUT2D eigenvalue weighted by atomic mass is 9.94. The summed E-state index contributed by atoms with van der Waals surface area (Å²) in [6.07, 6.45) is 0.874. The van der Waals surface area contributed by atoms with Crippen LogP contribution in [0, 0.1) is 23.4 Å². The fraction of sp³-hybridized carbons (Fsp3) is 0.462.